The number of aryl methyl sites for hydroxylation is 1. The Morgan fingerprint density at radius 3 is 3.18 bits per heavy atom. The summed E-state index contributed by atoms with van der Waals surface area (Å²) in [4.78, 5) is 19.0. The zero-order chi connectivity index (χ0) is 15.5. The Balaban J connectivity index is 1.74. The lowest BCUT2D eigenvalue weighted by Gasteiger charge is -2.32. The molecule has 1 aliphatic heterocycles. The molecule has 0 radical (unpaired) electrons. The van der Waals surface area contributed by atoms with E-state index in [-0.39, 0.29) is 5.91 Å². The first-order valence-electron chi connectivity index (χ1n) is 7.53. The minimum absolute atomic E-state index is 0.0545. The average molecular weight is 336 g/mol. The van der Waals surface area contributed by atoms with Gasteiger partial charge in [0, 0.05) is 30.1 Å². The third kappa shape index (κ3) is 3.05. The molecule has 1 atom stereocenters. The van der Waals surface area contributed by atoms with E-state index in [4.69, 9.17) is 0 Å². The fraction of sp³-hybridized carbons (Fsp3) is 0.533. The Kier molecular flexibility index (Phi) is 4.83. The molecule has 118 valence electrons. The van der Waals surface area contributed by atoms with Gasteiger partial charge in [0.25, 0.3) is 5.91 Å². The van der Waals surface area contributed by atoms with E-state index in [1.807, 2.05) is 22.7 Å². The first kappa shape index (κ1) is 15.6. The van der Waals surface area contributed by atoms with E-state index in [0.717, 1.165) is 36.7 Å². The molecule has 5 nitrogen and oxygen atoms in total. The van der Waals surface area contributed by atoms with Crippen LogP contribution in [0.5, 0.6) is 0 Å². The summed E-state index contributed by atoms with van der Waals surface area (Å²) in [7, 11) is 0. The van der Waals surface area contributed by atoms with E-state index in [1.54, 1.807) is 11.8 Å². The molecule has 2 aromatic heterocycles. The molecule has 2 aromatic rings. The number of thioether (sulfide) groups is 1. The Morgan fingerprint density at radius 2 is 2.45 bits per heavy atom. The van der Waals surface area contributed by atoms with E-state index < -0.39 is 0 Å². The number of aromatic amines is 1. The molecule has 1 unspecified atom stereocenters. The minimum atomic E-state index is 0.0545. The van der Waals surface area contributed by atoms with Crippen LogP contribution in [-0.2, 0) is 6.42 Å². The lowest BCUT2D eigenvalue weighted by Crippen LogP contribution is -2.39. The van der Waals surface area contributed by atoms with E-state index in [9.17, 15) is 4.79 Å². The number of nitrogens with one attached hydrogen (secondary N) is 1. The number of likely N-dealkylation sites (tertiary alicyclic amines) is 1. The third-order valence-electron chi connectivity index (χ3n) is 4.13. The lowest BCUT2D eigenvalue weighted by atomic mass is 9.92. The van der Waals surface area contributed by atoms with E-state index in [2.05, 4.69) is 22.1 Å². The van der Waals surface area contributed by atoms with Gasteiger partial charge in [-0.1, -0.05) is 18.7 Å². The molecule has 1 fully saturated rings. The number of amides is 1. The predicted octanol–water partition coefficient (Wildman–Crippen LogP) is 3.17. The highest BCUT2D eigenvalue weighted by Crippen LogP contribution is 2.29. The molecule has 7 heteroatoms. The maximum atomic E-state index is 12.6. The molecule has 1 amide bonds. The summed E-state index contributed by atoms with van der Waals surface area (Å²) >= 11 is 3.12. The van der Waals surface area contributed by atoms with Crippen molar-refractivity contribution in [3.8, 4) is 0 Å². The zero-order valence-electron chi connectivity index (χ0n) is 12.8. The topological polar surface area (TPSA) is 61.9 Å². The second kappa shape index (κ2) is 6.83. The van der Waals surface area contributed by atoms with Gasteiger partial charge in [-0.2, -0.15) is 5.10 Å². The lowest BCUT2D eigenvalue weighted by molar-refractivity contribution is 0.0700. The highest BCUT2D eigenvalue weighted by Gasteiger charge is 2.28. The van der Waals surface area contributed by atoms with E-state index in [0.29, 0.717) is 11.6 Å². The SMILES string of the molecule is CCc1cn[nH]c1C1CCCN(C(=O)c2csc(SC)n2)C1. The molecule has 0 spiro atoms. The number of thiazole rings is 1. The van der Waals surface area contributed by atoms with Crippen LogP contribution in [0.25, 0.3) is 0 Å². The van der Waals surface area contributed by atoms with Crippen LogP contribution in [0.15, 0.2) is 15.9 Å². The van der Waals surface area contributed by atoms with Crippen LogP contribution in [0.2, 0.25) is 0 Å². The number of carbonyl (C=O) groups excluding carboxylic acids is 1. The molecule has 0 aliphatic carbocycles. The molecule has 22 heavy (non-hydrogen) atoms. The Morgan fingerprint density at radius 1 is 1.59 bits per heavy atom. The van der Waals surface area contributed by atoms with Gasteiger partial charge in [-0.15, -0.1) is 11.3 Å². The van der Waals surface area contributed by atoms with Crippen molar-refractivity contribution < 1.29 is 4.79 Å². The van der Waals surface area contributed by atoms with Crippen molar-refractivity contribution in [1.29, 1.82) is 0 Å². The molecule has 1 N–H and O–H groups in total. The van der Waals surface area contributed by atoms with Gasteiger partial charge in [0.15, 0.2) is 0 Å². The standard InChI is InChI=1S/C15H20N4OS2/c1-3-10-7-16-18-13(10)11-5-4-6-19(8-11)14(20)12-9-22-15(17-12)21-2/h7,9,11H,3-6,8H2,1-2H3,(H,16,18). The summed E-state index contributed by atoms with van der Waals surface area (Å²) in [6.07, 6.45) is 6.99. The van der Waals surface area contributed by atoms with Gasteiger partial charge in [0.2, 0.25) is 0 Å². The van der Waals surface area contributed by atoms with Gasteiger partial charge in [0.05, 0.1) is 6.20 Å². The highest BCUT2D eigenvalue weighted by molar-refractivity contribution is 8.00. The fourth-order valence-electron chi connectivity index (χ4n) is 2.96. The Labute approximate surface area is 138 Å². The van der Waals surface area contributed by atoms with Crippen LogP contribution in [0.4, 0.5) is 0 Å². The van der Waals surface area contributed by atoms with Crippen molar-refractivity contribution >= 4 is 29.0 Å². The number of nitrogens with zero attached hydrogens (tertiary/aromatic N) is 3. The van der Waals surface area contributed by atoms with Crippen LogP contribution in [0.3, 0.4) is 0 Å². The second-order valence-corrected chi connectivity index (χ2v) is 7.37. The third-order valence-corrected chi connectivity index (χ3v) is 5.99. The quantitative estimate of drug-likeness (QED) is 0.871. The second-order valence-electron chi connectivity index (χ2n) is 5.46. The molecular formula is C15H20N4OS2. The van der Waals surface area contributed by atoms with Gasteiger partial charge < -0.3 is 4.90 Å². The molecule has 3 heterocycles. The summed E-state index contributed by atoms with van der Waals surface area (Å²) in [5, 5.41) is 9.17. The van der Waals surface area contributed by atoms with Crippen LogP contribution >= 0.6 is 23.1 Å². The van der Waals surface area contributed by atoms with Gasteiger partial charge >= 0.3 is 0 Å². The summed E-state index contributed by atoms with van der Waals surface area (Å²) in [6, 6.07) is 0. The number of piperidine rings is 1. The number of H-pyrrole nitrogens is 1. The number of hydrogen-bond donors (Lipinski definition) is 1. The molecule has 0 bridgehead atoms. The maximum Gasteiger partial charge on any atom is 0.273 e. The summed E-state index contributed by atoms with van der Waals surface area (Å²) in [5.74, 6) is 0.410. The van der Waals surface area contributed by atoms with Crippen LogP contribution < -0.4 is 0 Å². The smallest absolute Gasteiger partial charge is 0.273 e. The molecular weight excluding hydrogens is 316 g/mol. The normalized spacial score (nSPS) is 18.6. The molecule has 1 aliphatic rings. The van der Waals surface area contributed by atoms with Crippen molar-refractivity contribution in [2.24, 2.45) is 0 Å². The number of hydrogen-bond acceptors (Lipinski definition) is 5. The first-order chi connectivity index (χ1) is 10.7. The zero-order valence-corrected chi connectivity index (χ0v) is 14.5. The van der Waals surface area contributed by atoms with Crippen molar-refractivity contribution in [1.82, 2.24) is 20.1 Å². The van der Waals surface area contributed by atoms with Crippen LogP contribution in [0.1, 0.15) is 47.4 Å². The average Bonchev–Trinajstić information content (AvgIpc) is 3.23. The van der Waals surface area contributed by atoms with Crippen molar-refractivity contribution in [2.45, 2.75) is 36.4 Å². The van der Waals surface area contributed by atoms with Crippen molar-refractivity contribution in [3.05, 3.63) is 28.5 Å². The summed E-state index contributed by atoms with van der Waals surface area (Å²) in [6.45, 7) is 3.70. The van der Waals surface area contributed by atoms with E-state index in [1.165, 1.54) is 22.6 Å². The van der Waals surface area contributed by atoms with E-state index >= 15 is 0 Å². The maximum absolute atomic E-state index is 12.6. The van der Waals surface area contributed by atoms with Crippen LogP contribution in [0, 0.1) is 0 Å². The number of rotatable bonds is 4. The van der Waals surface area contributed by atoms with Gasteiger partial charge in [0.1, 0.15) is 10.0 Å². The number of carbonyl (C=O) groups is 1. The van der Waals surface area contributed by atoms with Crippen molar-refractivity contribution in [3.63, 3.8) is 0 Å². The van der Waals surface area contributed by atoms with Gasteiger partial charge in [-0.25, -0.2) is 4.98 Å². The molecule has 3 rings (SSSR count). The molecule has 1 saturated heterocycles. The van der Waals surface area contributed by atoms with Gasteiger partial charge in [-0.3, -0.25) is 9.89 Å². The van der Waals surface area contributed by atoms with Crippen molar-refractivity contribution in [2.75, 3.05) is 19.3 Å². The molecule has 0 aromatic carbocycles. The Bertz CT molecular complexity index is 652. The Hall–Kier alpha value is -1.34. The monoisotopic (exact) mass is 336 g/mol. The minimum Gasteiger partial charge on any atom is -0.337 e. The first-order valence-corrected chi connectivity index (χ1v) is 9.64. The fourth-order valence-corrected chi connectivity index (χ4v) is 4.20. The number of aromatic nitrogens is 3. The summed E-state index contributed by atoms with van der Waals surface area (Å²) < 4.78 is 0.943. The van der Waals surface area contributed by atoms with Crippen LogP contribution in [-0.4, -0.2) is 45.3 Å². The highest BCUT2D eigenvalue weighted by atomic mass is 32.2. The largest absolute Gasteiger partial charge is 0.337 e. The van der Waals surface area contributed by atoms with Gasteiger partial charge in [-0.05, 0) is 31.1 Å². The predicted molar refractivity (Wildman–Crippen MR) is 89.7 cm³/mol. The summed E-state index contributed by atoms with van der Waals surface area (Å²) in [5.41, 5.74) is 3.04. The molecule has 0 saturated carbocycles.